The third kappa shape index (κ3) is 5.89. The number of aromatic nitrogens is 1. The molecule has 1 aromatic carbocycles. The fourth-order valence-electron chi connectivity index (χ4n) is 6.25. The predicted octanol–water partition coefficient (Wildman–Crippen LogP) is 3.24. The van der Waals surface area contributed by atoms with Crippen LogP contribution in [0.1, 0.15) is 53.4 Å². The van der Waals surface area contributed by atoms with Crippen LogP contribution in [0, 0.1) is 17.3 Å². The van der Waals surface area contributed by atoms with Gasteiger partial charge in [-0.25, -0.2) is 13.4 Å². The number of pyridine rings is 1. The van der Waals surface area contributed by atoms with E-state index in [1.807, 2.05) is 45.9 Å². The summed E-state index contributed by atoms with van der Waals surface area (Å²) in [5.74, 6) is -1.05. The number of nitrogens with one attached hydrogen (secondary N) is 1. The fraction of sp³-hybridized carbons (Fsp3) is 0.576. The zero-order valence-electron chi connectivity index (χ0n) is 26.2. The van der Waals surface area contributed by atoms with Crippen LogP contribution >= 0.6 is 0 Å². The number of likely N-dealkylation sites (tertiary alicyclic amines) is 1. The van der Waals surface area contributed by atoms with Crippen LogP contribution in [0.4, 0.5) is 0 Å². The van der Waals surface area contributed by atoms with Crippen LogP contribution in [0.5, 0.6) is 17.4 Å². The van der Waals surface area contributed by atoms with Gasteiger partial charge in [0.15, 0.2) is 27.1 Å². The van der Waals surface area contributed by atoms with E-state index in [1.165, 1.54) is 4.90 Å². The van der Waals surface area contributed by atoms with Gasteiger partial charge >= 0.3 is 0 Å². The van der Waals surface area contributed by atoms with Crippen LogP contribution in [-0.2, 0) is 24.2 Å². The van der Waals surface area contributed by atoms with Gasteiger partial charge in [-0.1, -0.05) is 33.8 Å². The number of hydrogen-bond acceptors (Lipinski definition) is 9. The van der Waals surface area contributed by atoms with Crippen molar-refractivity contribution >= 4 is 38.2 Å². The topological polar surface area (TPSA) is 141 Å². The van der Waals surface area contributed by atoms with Gasteiger partial charge in [0.1, 0.15) is 36.7 Å². The van der Waals surface area contributed by atoms with Gasteiger partial charge in [-0.15, -0.1) is 6.58 Å². The highest BCUT2D eigenvalue weighted by Crippen LogP contribution is 2.47. The predicted molar refractivity (Wildman–Crippen MR) is 167 cm³/mol. The first-order valence-electron chi connectivity index (χ1n) is 15.6. The monoisotopic (exact) mass is 639 g/mol. The maximum absolute atomic E-state index is 14.0. The average molecular weight is 640 g/mol. The van der Waals surface area contributed by atoms with Gasteiger partial charge in [-0.2, -0.15) is 0 Å². The van der Waals surface area contributed by atoms with Gasteiger partial charge in [0.25, 0.3) is 0 Å². The Bertz CT molecular complexity index is 1660. The molecule has 242 valence electrons. The SMILES string of the molecule is C=C[C@@H]1C[C@]1(NC(=O)[C@@H]1C[C@@H](Oc2nccc3c4c(ccc23)OCCO4)CN1C(=O)[C@@H](C)C(C)(C)C)C(=O)CS(=O)(=O)C1CC1. The number of Topliss-reactive ketones (excluding diaryl/α,β-unsaturated/α-hetero) is 1. The summed E-state index contributed by atoms with van der Waals surface area (Å²) in [5.41, 5.74) is -1.71. The minimum absolute atomic E-state index is 0.141. The summed E-state index contributed by atoms with van der Waals surface area (Å²) >= 11 is 0. The molecule has 2 saturated carbocycles. The minimum Gasteiger partial charge on any atom is -0.486 e. The number of hydrogen-bond donors (Lipinski definition) is 1. The molecule has 4 aliphatic rings. The van der Waals surface area contributed by atoms with Crippen LogP contribution < -0.4 is 19.5 Å². The highest BCUT2D eigenvalue weighted by Gasteiger charge is 2.61. The quantitative estimate of drug-likeness (QED) is 0.388. The Kier molecular flexibility index (Phi) is 7.86. The highest BCUT2D eigenvalue weighted by atomic mass is 32.2. The van der Waals surface area contributed by atoms with Crippen LogP contribution in [0.25, 0.3) is 10.8 Å². The normalized spacial score (nSPS) is 26.7. The number of fused-ring (bicyclic) bond motifs is 3. The molecule has 12 heteroatoms. The summed E-state index contributed by atoms with van der Waals surface area (Å²) in [4.78, 5) is 47.3. The van der Waals surface area contributed by atoms with E-state index in [2.05, 4.69) is 16.9 Å². The number of ether oxygens (including phenoxy) is 3. The number of carbonyl (C=O) groups is 3. The first-order chi connectivity index (χ1) is 21.2. The molecule has 1 saturated heterocycles. The number of amides is 2. The average Bonchev–Trinajstić information content (AvgIpc) is 3.93. The van der Waals surface area contributed by atoms with Crippen LogP contribution in [0.2, 0.25) is 0 Å². The van der Waals surface area contributed by atoms with E-state index in [1.54, 1.807) is 12.3 Å². The van der Waals surface area contributed by atoms with Crippen LogP contribution in [0.3, 0.4) is 0 Å². The van der Waals surface area contributed by atoms with Gasteiger partial charge < -0.3 is 24.4 Å². The first kappa shape index (κ1) is 31.3. The Morgan fingerprint density at radius 2 is 1.91 bits per heavy atom. The number of nitrogens with zero attached hydrogens (tertiary/aromatic N) is 2. The lowest BCUT2D eigenvalue weighted by Crippen LogP contribution is -2.55. The maximum Gasteiger partial charge on any atom is 0.243 e. The van der Waals surface area contributed by atoms with Crippen molar-refractivity contribution in [1.29, 1.82) is 0 Å². The second-order valence-electron chi connectivity index (χ2n) is 13.8. The van der Waals surface area contributed by atoms with Crippen molar-refractivity contribution < 1.29 is 37.0 Å². The summed E-state index contributed by atoms with van der Waals surface area (Å²) in [6.45, 7) is 12.6. The van der Waals surface area contributed by atoms with E-state index in [4.69, 9.17) is 14.2 Å². The van der Waals surface area contributed by atoms with E-state index in [0.29, 0.717) is 48.8 Å². The molecule has 3 fully saturated rings. The number of sulfone groups is 1. The minimum atomic E-state index is -3.58. The van der Waals surface area contributed by atoms with E-state index >= 15 is 0 Å². The lowest BCUT2D eigenvalue weighted by Gasteiger charge is -2.33. The summed E-state index contributed by atoms with van der Waals surface area (Å²) < 4.78 is 43.3. The second-order valence-corrected chi connectivity index (χ2v) is 16.1. The Morgan fingerprint density at radius 3 is 2.58 bits per heavy atom. The van der Waals surface area contributed by atoms with Crippen molar-refractivity contribution in [2.24, 2.45) is 17.3 Å². The standard InChI is InChI=1S/C33H41N3O8S/c1-6-20-16-33(20,27(37)18-45(40,41)22-7-8-22)35-29(38)25-15-21(17-36(25)31(39)19(2)32(3,4)5)44-30-24-9-10-26-28(43-14-13-42-26)23(24)11-12-34-30/h6,9-12,19-22,25H,1,7-8,13-18H2,2-5H3,(H,35,38)/t19-,20-,21-,25+,33-/m1/s1. The molecular formula is C33H41N3O8S. The summed E-state index contributed by atoms with van der Waals surface area (Å²) in [6.07, 6.45) is 4.18. The molecule has 2 aliphatic heterocycles. The highest BCUT2D eigenvalue weighted by molar-refractivity contribution is 7.93. The molecule has 2 aromatic rings. The third-order valence-corrected chi connectivity index (χ3v) is 11.9. The van der Waals surface area contributed by atoms with Crippen LogP contribution in [-0.4, -0.2) is 84.3 Å². The van der Waals surface area contributed by atoms with Gasteiger partial charge in [0, 0.05) is 35.2 Å². The van der Waals surface area contributed by atoms with Crippen molar-refractivity contribution in [1.82, 2.24) is 15.2 Å². The van der Waals surface area contributed by atoms with E-state index in [9.17, 15) is 22.8 Å². The zero-order valence-corrected chi connectivity index (χ0v) is 27.0. The largest absolute Gasteiger partial charge is 0.486 e. The van der Waals surface area contributed by atoms with Gasteiger partial charge in [-0.05, 0) is 42.9 Å². The van der Waals surface area contributed by atoms with Crippen molar-refractivity contribution in [3.05, 3.63) is 37.1 Å². The van der Waals surface area contributed by atoms with Crippen molar-refractivity contribution in [3.8, 4) is 17.4 Å². The molecule has 5 atom stereocenters. The van der Waals surface area contributed by atoms with E-state index < -0.39 is 56.1 Å². The van der Waals surface area contributed by atoms with Gasteiger partial charge in [0.2, 0.25) is 17.7 Å². The third-order valence-electron chi connectivity index (χ3n) is 9.71. The lowest BCUT2D eigenvalue weighted by molar-refractivity contribution is -0.144. The second kappa shape index (κ2) is 11.3. The molecule has 2 amide bonds. The van der Waals surface area contributed by atoms with Gasteiger partial charge in [0.05, 0.1) is 11.8 Å². The van der Waals surface area contributed by atoms with Crippen LogP contribution in [0.15, 0.2) is 37.1 Å². The Hall–Kier alpha value is -3.67. The number of carbonyl (C=O) groups excluding carboxylic acids is 3. The van der Waals surface area contributed by atoms with Crippen molar-refractivity contribution in [2.45, 2.75) is 76.3 Å². The Balaban J connectivity index is 1.26. The number of ketones is 1. The van der Waals surface area contributed by atoms with Crippen molar-refractivity contribution in [3.63, 3.8) is 0 Å². The van der Waals surface area contributed by atoms with E-state index in [-0.39, 0.29) is 36.6 Å². The maximum atomic E-state index is 14.0. The summed E-state index contributed by atoms with van der Waals surface area (Å²) in [5, 5.41) is 3.89. The Labute approximate surface area is 263 Å². The van der Waals surface area contributed by atoms with Gasteiger partial charge in [-0.3, -0.25) is 14.4 Å². The molecule has 45 heavy (non-hydrogen) atoms. The first-order valence-corrected chi connectivity index (χ1v) is 17.3. The molecule has 11 nitrogen and oxygen atoms in total. The summed E-state index contributed by atoms with van der Waals surface area (Å²) in [6, 6.07) is 4.56. The molecule has 0 bridgehead atoms. The molecular weight excluding hydrogens is 598 g/mol. The molecule has 0 unspecified atom stereocenters. The smallest absolute Gasteiger partial charge is 0.243 e. The number of benzene rings is 1. The molecule has 0 spiro atoms. The number of rotatable bonds is 10. The van der Waals surface area contributed by atoms with Crippen molar-refractivity contribution in [2.75, 3.05) is 25.5 Å². The molecule has 0 radical (unpaired) electrons. The molecule has 2 aliphatic carbocycles. The Morgan fingerprint density at radius 1 is 1.18 bits per heavy atom. The molecule has 3 heterocycles. The lowest BCUT2D eigenvalue weighted by atomic mass is 9.81. The fourth-order valence-corrected chi connectivity index (χ4v) is 7.96. The molecule has 1 aromatic heterocycles. The summed E-state index contributed by atoms with van der Waals surface area (Å²) in [7, 11) is -3.58. The molecule has 6 rings (SSSR count). The zero-order chi connectivity index (χ0) is 32.3. The molecule has 1 N–H and O–H groups in total. The van der Waals surface area contributed by atoms with E-state index in [0.717, 1.165) is 5.39 Å².